The molecule has 0 aromatic carbocycles. The average molecular weight is 291 g/mol. The molecule has 1 aliphatic rings. The topological polar surface area (TPSA) is 52.7 Å². The zero-order valence-corrected chi connectivity index (χ0v) is 13.5. The second-order valence-electron chi connectivity index (χ2n) is 5.34. The number of nitrogens with zero attached hydrogens (tertiary/aromatic N) is 2. The van der Waals surface area contributed by atoms with Gasteiger partial charge in [-0.25, -0.2) is 12.7 Å². The average Bonchev–Trinajstić information content (AvgIpc) is 2.43. The van der Waals surface area contributed by atoms with Crippen LogP contribution in [0.2, 0.25) is 0 Å². The van der Waals surface area contributed by atoms with E-state index < -0.39 is 10.0 Å². The molecule has 1 atom stereocenters. The molecule has 0 radical (unpaired) electrons. The molecule has 1 fully saturated rings. The fraction of sp³-hybridized carbons (Fsp3) is 1.00. The van der Waals surface area contributed by atoms with Gasteiger partial charge in [0.05, 0.1) is 5.25 Å². The number of hydrogen-bond acceptors (Lipinski definition) is 4. The summed E-state index contributed by atoms with van der Waals surface area (Å²) in [4.78, 5) is 2.37. The predicted octanol–water partition coefficient (Wildman–Crippen LogP) is 0.730. The van der Waals surface area contributed by atoms with Crippen molar-refractivity contribution in [3.05, 3.63) is 0 Å². The summed E-state index contributed by atoms with van der Waals surface area (Å²) >= 11 is 0. The van der Waals surface area contributed by atoms with E-state index in [1.54, 1.807) is 18.3 Å². The van der Waals surface area contributed by atoms with Crippen molar-refractivity contribution in [2.24, 2.45) is 0 Å². The van der Waals surface area contributed by atoms with Crippen molar-refractivity contribution in [3.63, 3.8) is 0 Å². The molecule has 114 valence electrons. The second kappa shape index (κ2) is 7.57. The van der Waals surface area contributed by atoms with E-state index in [4.69, 9.17) is 0 Å². The highest BCUT2D eigenvalue weighted by atomic mass is 32.2. The van der Waals surface area contributed by atoms with Crippen molar-refractivity contribution >= 4 is 10.0 Å². The highest BCUT2D eigenvalue weighted by molar-refractivity contribution is 7.89. The van der Waals surface area contributed by atoms with E-state index >= 15 is 0 Å². The van der Waals surface area contributed by atoms with Crippen molar-refractivity contribution in [2.45, 2.75) is 44.9 Å². The highest BCUT2D eigenvalue weighted by Crippen LogP contribution is 2.20. The van der Waals surface area contributed by atoms with Crippen LogP contribution in [0.1, 0.15) is 33.6 Å². The van der Waals surface area contributed by atoms with Gasteiger partial charge in [-0.05, 0) is 45.9 Å². The van der Waals surface area contributed by atoms with Gasteiger partial charge in [-0.15, -0.1) is 0 Å². The lowest BCUT2D eigenvalue weighted by atomic mass is 10.1. The maximum atomic E-state index is 12.5. The van der Waals surface area contributed by atoms with Crippen molar-refractivity contribution < 1.29 is 8.42 Å². The van der Waals surface area contributed by atoms with Gasteiger partial charge in [0.25, 0.3) is 0 Å². The summed E-state index contributed by atoms with van der Waals surface area (Å²) in [5, 5.41) is 2.75. The van der Waals surface area contributed by atoms with Gasteiger partial charge in [-0.3, -0.25) is 0 Å². The Morgan fingerprint density at radius 3 is 2.37 bits per heavy atom. The molecule has 1 saturated heterocycles. The van der Waals surface area contributed by atoms with Gasteiger partial charge in [0.1, 0.15) is 0 Å². The molecular formula is C13H29N3O2S. The molecule has 0 saturated carbocycles. The van der Waals surface area contributed by atoms with Gasteiger partial charge in [-0.2, -0.15) is 0 Å². The zero-order chi connectivity index (χ0) is 14.5. The first-order valence-corrected chi connectivity index (χ1v) is 8.83. The summed E-state index contributed by atoms with van der Waals surface area (Å²) in [5.74, 6) is 0. The van der Waals surface area contributed by atoms with Crippen molar-refractivity contribution in [3.8, 4) is 0 Å². The Morgan fingerprint density at radius 2 is 1.89 bits per heavy atom. The third kappa shape index (κ3) is 4.41. The Labute approximate surface area is 118 Å². The zero-order valence-electron chi connectivity index (χ0n) is 12.7. The van der Waals surface area contributed by atoms with Gasteiger partial charge in [-0.1, -0.05) is 13.8 Å². The molecule has 0 aromatic heterocycles. The number of nitrogens with one attached hydrogen (secondary N) is 1. The molecule has 1 aliphatic heterocycles. The van der Waals surface area contributed by atoms with Crippen LogP contribution < -0.4 is 5.32 Å². The SMILES string of the molecule is CCNCC(C)S(=O)(=O)N(C)C1CCN(CC)CC1. The molecule has 0 bridgehead atoms. The summed E-state index contributed by atoms with van der Waals surface area (Å²) < 4.78 is 26.5. The normalized spacial score (nSPS) is 20.9. The van der Waals surface area contributed by atoms with Crippen LogP contribution in [-0.2, 0) is 10.0 Å². The molecule has 0 aliphatic carbocycles. The van der Waals surface area contributed by atoms with Crippen LogP contribution in [0.15, 0.2) is 0 Å². The molecule has 1 N–H and O–H groups in total. The molecule has 0 amide bonds. The van der Waals surface area contributed by atoms with E-state index in [2.05, 4.69) is 17.1 Å². The fourth-order valence-electron chi connectivity index (χ4n) is 2.54. The van der Waals surface area contributed by atoms with Crippen molar-refractivity contribution in [2.75, 3.05) is 39.8 Å². The van der Waals surface area contributed by atoms with Gasteiger partial charge < -0.3 is 10.2 Å². The maximum absolute atomic E-state index is 12.5. The first-order chi connectivity index (χ1) is 8.93. The van der Waals surface area contributed by atoms with E-state index in [1.807, 2.05) is 6.92 Å². The van der Waals surface area contributed by atoms with Crippen LogP contribution in [0, 0.1) is 0 Å². The quantitative estimate of drug-likeness (QED) is 0.751. The molecule has 5 nitrogen and oxygen atoms in total. The van der Waals surface area contributed by atoms with E-state index in [-0.39, 0.29) is 11.3 Å². The Hall–Kier alpha value is -0.170. The van der Waals surface area contributed by atoms with Crippen molar-refractivity contribution in [1.82, 2.24) is 14.5 Å². The van der Waals surface area contributed by atoms with Crippen LogP contribution in [0.5, 0.6) is 0 Å². The van der Waals surface area contributed by atoms with Crippen LogP contribution in [0.3, 0.4) is 0 Å². The summed E-state index contributed by atoms with van der Waals surface area (Å²) in [7, 11) is -1.44. The third-order valence-corrected chi connectivity index (χ3v) is 6.39. The molecule has 0 spiro atoms. The minimum absolute atomic E-state index is 0.164. The largest absolute Gasteiger partial charge is 0.316 e. The van der Waals surface area contributed by atoms with Crippen LogP contribution in [0.4, 0.5) is 0 Å². The summed E-state index contributed by atoms with van der Waals surface area (Å²) in [6.07, 6.45) is 1.88. The second-order valence-corrected chi connectivity index (χ2v) is 7.76. The predicted molar refractivity (Wildman–Crippen MR) is 79.8 cm³/mol. The molecule has 6 heteroatoms. The first-order valence-electron chi connectivity index (χ1n) is 7.33. The summed E-state index contributed by atoms with van der Waals surface area (Å²) in [6, 6.07) is 0.164. The Balaban J connectivity index is 2.58. The molecule has 19 heavy (non-hydrogen) atoms. The van der Waals surface area contributed by atoms with E-state index in [0.29, 0.717) is 6.54 Å². The summed E-state index contributed by atoms with van der Waals surface area (Å²) in [6.45, 7) is 10.3. The number of likely N-dealkylation sites (tertiary alicyclic amines) is 1. The smallest absolute Gasteiger partial charge is 0.217 e. The van der Waals surface area contributed by atoms with Gasteiger partial charge in [0.2, 0.25) is 10.0 Å². The lowest BCUT2D eigenvalue weighted by Gasteiger charge is -2.36. The standard InChI is InChI=1S/C13H29N3O2S/c1-5-14-11-12(3)19(17,18)15(4)13-7-9-16(6-2)10-8-13/h12-14H,5-11H2,1-4H3. The van der Waals surface area contributed by atoms with E-state index in [1.165, 1.54) is 0 Å². The number of sulfonamides is 1. The minimum Gasteiger partial charge on any atom is -0.316 e. The minimum atomic E-state index is -3.18. The van der Waals surface area contributed by atoms with Crippen LogP contribution >= 0.6 is 0 Å². The number of hydrogen-bond donors (Lipinski definition) is 1. The van der Waals surface area contributed by atoms with Gasteiger partial charge >= 0.3 is 0 Å². The lowest BCUT2D eigenvalue weighted by molar-refractivity contribution is 0.176. The van der Waals surface area contributed by atoms with Crippen LogP contribution in [0.25, 0.3) is 0 Å². The van der Waals surface area contributed by atoms with Gasteiger partial charge in [0, 0.05) is 19.6 Å². The summed E-state index contributed by atoms with van der Waals surface area (Å²) in [5.41, 5.74) is 0. The van der Waals surface area contributed by atoms with E-state index in [9.17, 15) is 8.42 Å². The Morgan fingerprint density at radius 1 is 1.32 bits per heavy atom. The maximum Gasteiger partial charge on any atom is 0.217 e. The highest BCUT2D eigenvalue weighted by Gasteiger charge is 2.32. The lowest BCUT2D eigenvalue weighted by Crippen LogP contribution is -2.49. The monoisotopic (exact) mass is 291 g/mol. The Bertz CT molecular complexity index is 351. The molecule has 0 aromatic rings. The van der Waals surface area contributed by atoms with Gasteiger partial charge in [0.15, 0.2) is 0 Å². The molecule has 1 unspecified atom stereocenters. The van der Waals surface area contributed by atoms with Crippen molar-refractivity contribution in [1.29, 1.82) is 0 Å². The molecule has 1 heterocycles. The number of piperidine rings is 1. The third-order valence-electron chi connectivity index (χ3n) is 4.11. The molecule has 1 rings (SSSR count). The number of rotatable bonds is 7. The fourth-order valence-corrected chi connectivity index (χ4v) is 4.07. The van der Waals surface area contributed by atoms with E-state index in [0.717, 1.165) is 39.0 Å². The van der Waals surface area contributed by atoms with Crippen LogP contribution in [-0.4, -0.2) is 68.7 Å². The molecular weight excluding hydrogens is 262 g/mol. The first kappa shape index (κ1) is 16.9. The Kier molecular flexibility index (Phi) is 6.73.